The van der Waals surface area contributed by atoms with Crippen molar-refractivity contribution < 1.29 is 23.9 Å². The van der Waals surface area contributed by atoms with Gasteiger partial charge in [-0.3, -0.25) is 9.78 Å². The quantitative estimate of drug-likeness (QED) is 0.667. The average molecular weight is 330 g/mol. The molecule has 0 saturated carbocycles. The van der Waals surface area contributed by atoms with Crippen LogP contribution >= 0.6 is 0 Å². The zero-order valence-corrected chi connectivity index (χ0v) is 13.9. The minimum atomic E-state index is -1.01. The van der Waals surface area contributed by atoms with Crippen LogP contribution in [0.3, 0.4) is 0 Å². The number of ether oxygens (including phenoxy) is 2. The number of esters is 2. The summed E-state index contributed by atoms with van der Waals surface area (Å²) >= 11 is 0. The van der Waals surface area contributed by atoms with Gasteiger partial charge in [-0.05, 0) is 38.5 Å². The number of nitrogens with one attached hydrogen (secondary N) is 1. The first kappa shape index (κ1) is 17.4. The Bertz CT molecular complexity index is 780. The summed E-state index contributed by atoms with van der Waals surface area (Å²) in [6.45, 7) is 4.79. The Hall–Kier alpha value is -2.96. The van der Waals surface area contributed by atoms with Gasteiger partial charge in [0, 0.05) is 18.1 Å². The van der Waals surface area contributed by atoms with Crippen LogP contribution < -0.4 is 0 Å². The highest BCUT2D eigenvalue weighted by Crippen LogP contribution is 2.21. The van der Waals surface area contributed by atoms with Crippen LogP contribution in [0.2, 0.25) is 0 Å². The molecule has 7 nitrogen and oxygen atoms in total. The van der Waals surface area contributed by atoms with Crippen molar-refractivity contribution >= 4 is 17.7 Å². The topological polar surface area (TPSA) is 98.4 Å². The highest BCUT2D eigenvalue weighted by Gasteiger charge is 2.27. The van der Waals surface area contributed by atoms with E-state index in [1.54, 1.807) is 13.8 Å². The first-order valence-corrected chi connectivity index (χ1v) is 7.29. The molecule has 0 spiro atoms. The predicted octanol–water partition coefficient (Wildman–Crippen LogP) is 2.24. The smallest absolute Gasteiger partial charge is 0.339 e. The summed E-state index contributed by atoms with van der Waals surface area (Å²) in [5.74, 6) is -1.57. The van der Waals surface area contributed by atoms with Gasteiger partial charge < -0.3 is 14.5 Å². The van der Waals surface area contributed by atoms with E-state index in [9.17, 15) is 14.4 Å². The van der Waals surface area contributed by atoms with Crippen molar-refractivity contribution in [2.45, 2.75) is 26.9 Å². The van der Waals surface area contributed by atoms with Crippen LogP contribution in [0.15, 0.2) is 24.5 Å². The lowest BCUT2D eigenvalue weighted by Gasteiger charge is -2.12. The molecule has 2 heterocycles. The van der Waals surface area contributed by atoms with Crippen molar-refractivity contribution in [2.75, 3.05) is 7.11 Å². The zero-order chi connectivity index (χ0) is 17.9. The zero-order valence-electron chi connectivity index (χ0n) is 13.9. The van der Waals surface area contributed by atoms with Crippen LogP contribution in [-0.2, 0) is 9.47 Å². The van der Waals surface area contributed by atoms with Crippen LogP contribution in [0, 0.1) is 13.8 Å². The van der Waals surface area contributed by atoms with Gasteiger partial charge in [0.1, 0.15) is 0 Å². The van der Waals surface area contributed by atoms with Crippen molar-refractivity contribution in [1.29, 1.82) is 0 Å². The lowest BCUT2D eigenvalue weighted by Crippen LogP contribution is -2.25. The van der Waals surface area contributed by atoms with Crippen LogP contribution in [0.25, 0.3) is 0 Å². The molecule has 7 heteroatoms. The Morgan fingerprint density at radius 2 is 1.75 bits per heavy atom. The summed E-state index contributed by atoms with van der Waals surface area (Å²) in [7, 11) is 1.27. The van der Waals surface area contributed by atoms with Crippen molar-refractivity contribution in [1.82, 2.24) is 9.97 Å². The Morgan fingerprint density at radius 1 is 1.12 bits per heavy atom. The van der Waals surface area contributed by atoms with Crippen molar-refractivity contribution in [3.8, 4) is 0 Å². The number of methoxy groups -OCH3 is 1. The van der Waals surface area contributed by atoms with Crippen molar-refractivity contribution in [3.05, 3.63) is 52.6 Å². The lowest BCUT2D eigenvalue weighted by atomic mass is 10.1. The van der Waals surface area contributed by atoms with E-state index in [0.717, 1.165) is 0 Å². The lowest BCUT2D eigenvalue weighted by molar-refractivity contribution is 0.0316. The van der Waals surface area contributed by atoms with Gasteiger partial charge in [-0.15, -0.1) is 0 Å². The van der Waals surface area contributed by atoms with Gasteiger partial charge >= 0.3 is 11.9 Å². The molecular formula is C17H18N2O5. The Labute approximate surface area is 139 Å². The first-order chi connectivity index (χ1) is 11.4. The number of ketones is 1. The highest BCUT2D eigenvalue weighted by atomic mass is 16.5. The normalized spacial score (nSPS) is 11.7. The molecule has 1 N–H and O–H groups in total. The molecule has 2 aromatic rings. The molecule has 24 heavy (non-hydrogen) atoms. The second-order valence-electron chi connectivity index (χ2n) is 5.26. The number of aryl methyl sites for hydroxylation is 1. The van der Waals surface area contributed by atoms with E-state index in [1.807, 2.05) is 0 Å². The fraction of sp³-hybridized carbons (Fsp3) is 0.294. The number of carbonyl (C=O) groups is 3. The summed E-state index contributed by atoms with van der Waals surface area (Å²) in [6, 6.07) is 3.00. The van der Waals surface area contributed by atoms with Crippen molar-refractivity contribution in [3.63, 3.8) is 0 Å². The minimum Gasteiger partial charge on any atom is -0.465 e. The number of Topliss-reactive ketones (excluding diaryl/α,β-unsaturated/α-hetero) is 1. The van der Waals surface area contributed by atoms with E-state index in [-0.39, 0.29) is 5.69 Å². The maximum absolute atomic E-state index is 12.5. The van der Waals surface area contributed by atoms with E-state index < -0.39 is 23.8 Å². The second kappa shape index (κ2) is 7.08. The van der Waals surface area contributed by atoms with Crippen molar-refractivity contribution in [2.24, 2.45) is 0 Å². The molecular weight excluding hydrogens is 312 g/mol. The molecule has 0 aliphatic heterocycles. The number of hydrogen-bond acceptors (Lipinski definition) is 6. The van der Waals surface area contributed by atoms with Gasteiger partial charge in [0.05, 0.1) is 23.9 Å². The molecule has 0 saturated heterocycles. The molecule has 0 fully saturated rings. The maximum atomic E-state index is 12.5. The Morgan fingerprint density at radius 3 is 2.33 bits per heavy atom. The SMILES string of the molecule is COC(=O)c1c(C)[nH]c(C(=O)C(C)OC(=O)c2ccncc2)c1C. The summed E-state index contributed by atoms with van der Waals surface area (Å²) in [4.78, 5) is 43.0. The van der Waals surface area contributed by atoms with Gasteiger partial charge in [-0.2, -0.15) is 0 Å². The number of nitrogens with zero attached hydrogens (tertiary/aromatic N) is 1. The summed E-state index contributed by atoms with van der Waals surface area (Å²) in [5.41, 5.74) is 1.84. The monoisotopic (exact) mass is 330 g/mol. The van der Waals surface area contributed by atoms with Crippen LogP contribution in [0.4, 0.5) is 0 Å². The minimum absolute atomic E-state index is 0.225. The third-order valence-corrected chi connectivity index (χ3v) is 3.64. The van der Waals surface area contributed by atoms with Crippen LogP contribution in [0.1, 0.15) is 49.4 Å². The summed E-state index contributed by atoms with van der Waals surface area (Å²) < 4.78 is 9.90. The molecule has 0 bridgehead atoms. The number of rotatable bonds is 5. The van der Waals surface area contributed by atoms with Gasteiger partial charge in [0.2, 0.25) is 5.78 Å². The highest BCUT2D eigenvalue weighted by molar-refractivity contribution is 6.04. The van der Waals surface area contributed by atoms with E-state index in [1.165, 1.54) is 38.6 Å². The fourth-order valence-corrected chi connectivity index (χ4v) is 2.38. The number of aromatic amines is 1. The fourth-order valence-electron chi connectivity index (χ4n) is 2.38. The maximum Gasteiger partial charge on any atom is 0.339 e. The number of carbonyl (C=O) groups excluding carboxylic acids is 3. The van der Waals surface area contributed by atoms with E-state index in [0.29, 0.717) is 22.4 Å². The van der Waals surface area contributed by atoms with E-state index in [2.05, 4.69) is 9.97 Å². The third kappa shape index (κ3) is 3.34. The van der Waals surface area contributed by atoms with Gasteiger partial charge in [0.25, 0.3) is 0 Å². The van der Waals surface area contributed by atoms with Gasteiger partial charge in [-0.1, -0.05) is 0 Å². The molecule has 0 amide bonds. The summed E-state index contributed by atoms with van der Waals surface area (Å²) in [6.07, 6.45) is 1.92. The Balaban J connectivity index is 2.20. The molecule has 126 valence electrons. The largest absolute Gasteiger partial charge is 0.465 e. The van der Waals surface area contributed by atoms with Gasteiger partial charge in [-0.25, -0.2) is 9.59 Å². The molecule has 1 unspecified atom stereocenters. The van der Waals surface area contributed by atoms with Crippen LogP contribution in [0.5, 0.6) is 0 Å². The molecule has 1 atom stereocenters. The Kier molecular flexibility index (Phi) is 5.13. The number of H-pyrrole nitrogens is 1. The van der Waals surface area contributed by atoms with Gasteiger partial charge in [0.15, 0.2) is 6.10 Å². The first-order valence-electron chi connectivity index (χ1n) is 7.29. The predicted molar refractivity (Wildman–Crippen MR) is 85.1 cm³/mol. The summed E-state index contributed by atoms with van der Waals surface area (Å²) in [5, 5.41) is 0. The standard InChI is InChI=1S/C17H18N2O5/c1-9-13(17(22)23-4)10(2)19-14(9)15(20)11(3)24-16(21)12-5-7-18-8-6-12/h5-8,11,19H,1-4H3. The van der Waals surface area contributed by atoms with E-state index in [4.69, 9.17) is 9.47 Å². The average Bonchev–Trinajstić information content (AvgIpc) is 2.88. The van der Waals surface area contributed by atoms with E-state index >= 15 is 0 Å². The molecule has 0 aromatic carbocycles. The third-order valence-electron chi connectivity index (χ3n) is 3.64. The molecule has 0 aliphatic rings. The molecule has 0 radical (unpaired) electrons. The molecule has 2 aromatic heterocycles. The number of aromatic nitrogens is 2. The molecule has 0 aliphatic carbocycles. The number of pyridine rings is 1. The second-order valence-corrected chi connectivity index (χ2v) is 5.26. The molecule has 2 rings (SSSR count). The van der Waals surface area contributed by atoms with Crippen LogP contribution in [-0.4, -0.2) is 40.9 Å². The number of hydrogen-bond donors (Lipinski definition) is 1.